The normalized spacial score (nSPS) is 18.0. The van der Waals surface area contributed by atoms with Crippen molar-refractivity contribution in [2.45, 2.75) is 4.90 Å². The Labute approximate surface area is 96.5 Å². The first-order valence-electron chi connectivity index (χ1n) is 4.88. The number of ether oxygens (including phenoxy) is 1. The average molecular weight is 235 g/mol. The molecule has 0 radical (unpaired) electrons. The van der Waals surface area contributed by atoms with E-state index in [2.05, 4.69) is 10.3 Å². The predicted molar refractivity (Wildman–Crippen MR) is 61.6 cm³/mol. The highest BCUT2D eigenvalue weighted by atomic mass is 32.2. The van der Waals surface area contributed by atoms with Crippen LogP contribution in [0.5, 0.6) is 0 Å². The smallest absolute Gasteiger partial charge is 0.415 e. The molecule has 82 valence electrons. The number of fused-ring (bicyclic) bond motifs is 1. The highest BCUT2D eigenvalue weighted by molar-refractivity contribution is 8.02. The molecule has 1 amide bonds. The van der Waals surface area contributed by atoms with Gasteiger partial charge in [0.05, 0.1) is 11.4 Å². The maximum absolute atomic E-state index is 11.4. The molecule has 0 bridgehead atoms. The summed E-state index contributed by atoms with van der Waals surface area (Å²) in [5.74, 6) is 1.41. The molecule has 3 rings (SSSR count). The first-order chi connectivity index (χ1) is 7.84. The van der Waals surface area contributed by atoms with Crippen molar-refractivity contribution in [2.24, 2.45) is 0 Å². The van der Waals surface area contributed by atoms with E-state index in [0.29, 0.717) is 19.0 Å². The largest absolute Gasteiger partial charge is 0.447 e. The quantitative estimate of drug-likeness (QED) is 0.807. The van der Waals surface area contributed by atoms with Gasteiger partial charge in [-0.1, -0.05) is 11.8 Å². The Morgan fingerprint density at radius 1 is 1.50 bits per heavy atom. The molecule has 1 N–H and O–H groups in total. The second-order valence-corrected chi connectivity index (χ2v) is 4.29. The zero-order valence-corrected chi connectivity index (χ0v) is 9.16. The number of hydrogen-bond acceptors (Lipinski definition) is 5. The second kappa shape index (κ2) is 3.71. The summed E-state index contributed by atoms with van der Waals surface area (Å²) in [6.45, 7) is 0.993. The van der Waals surface area contributed by atoms with Gasteiger partial charge in [-0.2, -0.15) is 0 Å². The number of nitrogens with zero attached hydrogens (tertiary/aromatic N) is 2. The average Bonchev–Trinajstić information content (AvgIpc) is 2.75. The third-order valence-corrected chi connectivity index (χ3v) is 3.22. The summed E-state index contributed by atoms with van der Waals surface area (Å²) >= 11 is 1.60. The van der Waals surface area contributed by atoms with Crippen LogP contribution in [0, 0.1) is 0 Å². The number of thioether (sulfide) groups is 1. The van der Waals surface area contributed by atoms with Crippen molar-refractivity contribution in [1.82, 2.24) is 4.98 Å². The lowest BCUT2D eigenvalue weighted by Crippen LogP contribution is -2.24. The molecule has 3 heterocycles. The molecule has 16 heavy (non-hydrogen) atoms. The molecule has 2 aliphatic heterocycles. The molecular weight excluding hydrogens is 226 g/mol. The van der Waals surface area contributed by atoms with Crippen LogP contribution in [0.15, 0.2) is 28.6 Å². The van der Waals surface area contributed by atoms with Crippen LogP contribution in [0.3, 0.4) is 0 Å². The molecule has 0 saturated carbocycles. The number of nitrogens with one attached hydrogen (secondary N) is 1. The Morgan fingerprint density at radius 2 is 2.44 bits per heavy atom. The fourth-order valence-electron chi connectivity index (χ4n) is 1.61. The van der Waals surface area contributed by atoms with Gasteiger partial charge in [-0.3, -0.25) is 4.90 Å². The summed E-state index contributed by atoms with van der Waals surface area (Å²) in [5, 5.41) is 5.00. The third-order valence-electron chi connectivity index (χ3n) is 2.36. The van der Waals surface area contributed by atoms with E-state index >= 15 is 0 Å². The zero-order valence-electron chi connectivity index (χ0n) is 8.34. The third kappa shape index (κ3) is 1.51. The van der Waals surface area contributed by atoms with Crippen molar-refractivity contribution in [3.05, 3.63) is 23.7 Å². The van der Waals surface area contributed by atoms with Gasteiger partial charge in [0.25, 0.3) is 0 Å². The first-order valence-corrected chi connectivity index (χ1v) is 5.76. The van der Waals surface area contributed by atoms with Crippen LogP contribution in [0.25, 0.3) is 0 Å². The number of aromatic nitrogens is 1. The van der Waals surface area contributed by atoms with Crippen LogP contribution in [-0.2, 0) is 4.74 Å². The zero-order chi connectivity index (χ0) is 11.0. The van der Waals surface area contributed by atoms with Gasteiger partial charge in [0.1, 0.15) is 18.2 Å². The number of amides is 1. The number of anilines is 2. The molecule has 0 aromatic carbocycles. The molecule has 0 atom stereocenters. The Kier molecular flexibility index (Phi) is 2.21. The van der Waals surface area contributed by atoms with Gasteiger partial charge >= 0.3 is 6.09 Å². The SMILES string of the molecule is O=C1OCCN1c1ccc2c(n1)NC=CS2. The van der Waals surface area contributed by atoms with Crippen LogP contribution >= 0.6 is 11.8 Å². The van der Waals surface area contributed by atoms with Gasteiger partial charge in [0, 0.05) is 6.20 Å². The maximum Gasteiger partial charge on any atom is 0.415 e. The Bertz CT molecular complexity index is 475. The lowest BCUT2D eigenvalue weighted by molar-refractivity contribution is 0.181. The summed E-state index contributed by atoms with van der Waals surface area (Å²) in [4.78, 5) is 18.3. The molecule has 2 aliphatic rings. The van der Waals surface area contributed by atoms with Crippen LogP contribution < -0.4 is 10.2 Å². The highest BCUT2D eigenvalue weighted by Crippen LogP contribution is 2.32. The van der Waals surface area contributed by atoms with E-state index in [1.807, 2.05) is 23.7 Å². The van der Waals surface area contributed by atoms with E-state index in [1.165, 1.54) is 4.90 Å². The van der Waals surface area contributed by atoms with Crippen molar-refractivity contribution in [3.63, 3.8) is 0 Å². The topological polar surface area (TPSA) is 54.5 Å². The van der Waals surface area contributed by atoms with Crippen LogP contribution in [-0.4, -0.2) is 24.2 Å². The molecule has 0 spiro atoms. The van der Waals surface area contributed by atoms with Gasteiger partial charge in [0.2, 0.25) is 0 Å². The minimum absolute atomic E-state index is 0.327. The van der Waals surface area contributed by atoms with E-state index in [9.17, 15) is 4.79 Å². The molecule has 1 aromatic rings. The molecule has 1 fully saturated rings. The lowest BCUT2D eigenvalue weighted by atomic mass is 10.4. The number of rotatable bonds is 1. The van der Waals surface area contributed by atoms with Crippen LogP contribution in [0.4, 0.5) is 16.4 Å². The first kappa shape index (κ1) is 9.53. The van der Waals surface area contributed by atoms with Crippen LogP contribution in [0.2, 0.25) is 0 Å². The second-order valence-electron chi connectivity index (χ2n) is 3.35. The van der Waals surface area contributed by atoms with E-state index in [4.69, 9.17) is 4.74 Å². The van der Waals surface area contributed by atoms with Crippen molar-refractivity contribution in [2.75, 3.05) is 23.4 Å². The van der Waals surface area contributed by atoms with Crippen molar-refractivity contribution >= 4 is 29.5 Å². The van der Waals surface area contributed by atoms with E-state index in [0.717, 1.165) is 10.7 Å². The lowest BCUT2D eigenvalue weighted by Gasteiger charge is -2.16. The number of cyclic esters (lactones) is 1. The molecule has 6 heteroatoms. The number of pyridine rings is 1. The summed E-state index contributed by atoms with van der Waals surface area (Å²) in [7, 11) is 0. The fraction of sp³-hybridized carbons (Fsp3) is 0.200. The van der Waals surface area contributed by atoms with Crippen molar-refractivity contribution in [1.29, 1.82) is 0 Å². The number of carbonyl (C=O) groups is 1. The van der Waals surface area contributed by atoms with E-state index in [-0.39, 0.29) is 6.09 Å². The van der Waals surface area contributed by atoms with Gasteiger partial charge in [0.15, 0.2) is 0 Å². The monoisotopic (exact) mass is 235 g/mol. The highest BCUT2D eigenvalue weighted by Gasteiger charge is 2.25. The Morgan fingerprint density at radius 3 is 3.25 bits per heavy atom. The van der Waals surface area contributed by atoms with Crippen molar-refractivity contribution < 1.29 is 9.53 Å². The molecule has 0 aliphatic carbocycles. The van der Waals surface area contributed by atoms with E-state index in [1.54, 1.807) is 11.8 Å². The minimum Gasteiger partial charge on any atom is -0.447 e. The number of carbonyl (C=O) groups excluding carboxylic acids is 1. The molecule has 5 nitrogen and oxygen atoms in total. The standard InChI is InChI=1S/C10H9N3O2S/c14-10-13(4-5-15-10)8-2-1-7-9(12-8)11-3-6-16-7/h1-3,6H,4-5H2,(H,11,12). The number of hydrogen-bond donors (Lipinski definition) is 1. The summed E-state index contributed by atoms with van der Waals surface area (Å²) in [6, 6.07) is 3.78. The van der Waals surface area contributed by atoms with E-state index < -0.39 is 0 Å². The van der Waals surface area contributed by atoms with Gasteiger partial charge in [-0.25, -0.2) is 9.78 Å². The van der Waals surface area contributed by atoms with Gasteiger partial charge in [-0.15, -0.1) is 0 Å². The minimum atomic E-state index is -0.327. The van der Waals surface area contributed by atoms with Crippen LogP contribution in [0.1, 0.15) is 0 Å². The molecule has 0 unspecified atom stereocenters. The maximum atomic E-state index is 11.4. The fourth-order valence-corrected chi connectivity index (χ4v) is 2.25. The summed E-state index contributed by atoms with van der Waals surface area (Å²) in [6.07, 6.45) is 1.50. The Hall–Kier alpha value is -1.69. The predicted octanol–water partition coefficient (Wildman–Crippen LogP) is 2.03. The van der Waals surface area contributed by atoms with Gasteiger partial charge in [-0.05, 0) is 17.5 Å². The van der Waals surface area contributed by atoms with Gasteiger partial charge < -0.3 is 10.1 Å². The summed E-state index contributed by atoms with van der Waals surface area (Å²) < 4.78 is 4.87. The van der Waals surface area contributed by atoms with Crippen molar-refractivity contribution in [3.8, 4) is 0 Å². The molecular formula is C10H9N3O2S. The Balaban J connectivity index is 1.95. The molecule has 1 saturated heterocycles. The molecule has 1 aromatic heterocycles. The summed E-state index contributed by atoms with van der Waals surface area (Å²) in [5.41, 5.74) is 0.